The molecule has 1 aromatic carbocycles. The number of benzene rings is 1. The smallest absolute Gasteiger partial charge is 0.339 e. The van der Waals surface area contributed by atoms with Crippen LogP contribution < -0.4 is 21.7 Å². The largest absolute Gasteiger partial charge is 0.395 e. The van der Waals surface area contributed by atoms with E-state index in [0.29, 0.717) is 37.8 Å². The minimum atomic E-state index is -4.00. The molecular formula is C25H37N5O5S2. The predicted molar refractivity (Wildman–Crippen MR) is 148 cm³/mol. The number of rotatable bonds is 16. The van der Waals surface area contributed by atoms with Gasteiger partial charge in [0.25, 0.3) is 0 Å². The van der Waals surface area contributed by atoms with Gasteiger partial charge in [0.2, 0.25) is 5.91 Å². The van der Waals surface area contributed by atoms with Crippen LogP contribution in [0.2, 0.25) is 0 Å². The maximum Gasteiger partial charge on any atom is 0.339 e. The van der Waals surface area contributed by atoms with E-state index in [9.17, 15) is 13.2 Å². The fraction of sp³-hybridized carbons (Fsp3) is 0.520. The topological polar surface area (TPSA) is 155 Å². The van der Waals surface area contributed by atoms with Gasteiger partial charge in [-0.05, 0) is 55.8 Å². The molecule has 37 heavy (non-hydrogen) atoms. The Morgan fingerprint density at radius 2 is 1.84 bits per heavy atom. The number of unbranched alkanes of at least 4 members (excludes halogenated alkanes) is 4. The fourth-order valence-corrected chi connectivity index (χ4v) is 5.84. The Balaban J connectivity index is 1.45. The van der Waals surface area contributed by atoms with E-state index in [2.05, 4.69) is 20.9 Å². The van der Waals surface area contributed by atoms with E-state index >= 15 is 0 Å². The van der Waals surface area contributed by atoms with Crippen LogP contribution in [-0.2, 0) is 19.1 Å². The van der Waals surface area contributed by atoms with E-state index in [4.69, 9.17) is 15.0 Å². The lowest BCUT2D eigenvalue weighted by atomic mass is 10.1. The van der Waals surface area contributed by atoms with E-state index in [0.717, 1.165) is 37.8 Å². The van der Waals surface area contributed by atoms with Crippen LogP contribution in [0.5, 0.6) is 0 Å². The van der Waals surface area contributed by atoms with Crippen LogP contribution >= 0.6 is 11.8 Å². The molecule has 0 fully saturated rings. The number of carbonyl (C=O) groups is 1. The van der Waals surface area contributed by atoms with Crippen molar-refractivity contribution in [1.29, 1.82) is 0 Å². The number of aliphatic hydroxyl groups is 1. The monoisotopic (exact) mass is 551 g/mol. The van der Waals surface area contributed by atoms with Gasteiger partial charge in [0.15, 0.2) is 5.17 Å². The number of hydrogen-bond acceptors (Lipinski definition) is 10. The van der Waals surface area contributed by atoms with Crippen molar-refractivity contribution in [3.63, 3.8) is 0 Å². The standard InChI is InChI=1S/C25H37N5O5S2/c26-13-5-3-1-2-4-6-24(32)30-25-29-22-12-9-20(18-23(22)36-25)35-37(33,34)21-10-7-19(8-11-21)28-15-14-27-16-17-31/h7-12,18,22-23,27-28,31H,1-6,13-17,26H2,(H,29,30,32). The van der Waals surface area contributed by atoms with Crippen LogP contribution in [0, 0.1) is 0 Å². The number of anilines is 1. The first kappa shape index (κ1) is 29.2. The Morgan fingerprint density at radius 3 is 2.59 bits per heavy atom. The highest BCUT2D eigenvalue weighted by atomic mass is 32.2. The maximum absolute atomic E-state index is 12.8. The van der Waals surface area contributed by atoms with Crippen LogP contribution in [-0.4, -0.2) is 68.7 Å². The first-order valence-electron chi connectivity index (χ1n) is 12.7. The second-order valence-electron chi connectivity index (χ2n) is 8.75. The molecule has 3 rings (SSSR count). The van der Waals surface area contributed by atoms with Gasteiger partial charge >= 0.3 is 10.1 Å². The summed E-state index contributed by atoms with van der Waals surface area (Å²) in [5, 5.41) is 18.3. The third kappa shape index (κ3) is 9.78. The molecule has 204 valence electrons. The molecule has 0 aromatic heterocycles. The summed E-state index contributed by atoms with van der Waals surface area (Å²) in [4.78, 5) is 16.8. The first-order chi connectivity index (χ1) is 17.9. The number of amides is 1. The van der Waals surface area contributed by atoms with Crippen molar-refractivity contribution in [2.45, 2.75) is 54.7 Å². The highest BCUT2D eigenvalue weighted by Crippen LogP contribution is 2.33. The number of nitrogens with one attached hydrogen (secondary N) is 3. The lowest BCUT2D eigenvalue weighted by molar-refractivity contribution is -0.119. The predicted octanol–water partition coefficient (Wildman–Crippen LogP) is 2.09. The number of nitrogens with zero attached hydrogens (tertiary/aromatic N) is 1. The molecule has 2 unspecified atom stereocenters. The molecule has 1 amide bonds. The number of aliphatic hydroxyl groups excluding tert-OH is 1. The number of fused-ring (bicyclic) bond motifs is 1. The van der Waals surface area contributed by atoms with Gasteiger partial charge in [0.05, 0.1) is 17.9 Å². The summed E-state index contributed by atoms with van der Waals surface area (Å²) in [5.41, 5.74) is 6.27. The van der Waals surface area contributed by atoms with Crippen molar-refractivity contribution in [2.75, 3.05) is 38.1 Å². The third-order valence-electron chi connectivity index (χ3n) is 5.76. The molecule has 2 atom stereocenters. The summed E-state index contributed by atoms with van der Waals surface area (Å²) in [7, 11) is -4.00. The minimum absolute atomic E-state index is 0.0548. The number of nitrogens with two attached hydrogens (primary N) is 1. The maximum atomic E-state index is 12.8. The molecular weight excluding hydrogens is 514 g/mol. The molecule has 12 heteroatoms. The lowest BCUT2D eigenvalue weighted by Crippen LogP contribution is -2.27. The van der Waals surface area contributed by atoms with Crippen molar-refractivity contribution >= 4 is 38.6 Å². The molecule has 1 heterocycles. The molecule has 0 saturated carbocycles. The van der Waals surface area contributed by atoms with Crippen LogP contribution in [0.25, 0.3) is 0 Å². The van der Waals surface area contributed by atoms with Gasteiger partial charge < -0.3 is 31.0 Å². The third-order valence-corrected chi connectivity index (χ3v) is 8.14. The van der Waals surface area contributed by atoms with Crippen LogP contribution in [0.4, 0.5) is 5.69 Å². The van der Waals surface area contributed by atoms with Crippen LogP contribution in [0.3, 0.4) is 0 Å². The minimum Gasteiger partial charge on any atom is -0.395 e. The number of hydrogen-bond donors (Lipinski definition) is 5. The van der Waals surface area contributed by atoms with Gasteiger partial charge in [-0.25, -0.2) is 0 Å². The summed E-state index contributed by atoms with van der Waals surface area (Å²) in [6.07, 6.45) is 10.6. The zero-order chi connectivity index (χ0) is 26.5. The molecule has 0 spiro atoms. The Morgan fingerprint density at radius 1 is 1.08 bits per heavy atom. The van der Waals surface area contributed by atoms with Crippen molar-refractivity contribution in [1.82, 2.24) is 10.6 Å². The van der Waals surface area contributed by atoms with Crippen molar-refractivity contribution in [3.05, 3.63) is 48.3 Å². The molecule has 6 N–H and O–H groups in total. The molecule has 1 aliphatic heterocycles. The van der Waals surface area contributed by atoms with Crippen molar-refractivity contribution in [2.24, 2.45) is 10.7 Å². The van der Waals surface area contributed by atoms with Crippen LogP contribution in [0.15, 0.2) is 58.1 Å². The van der Waals surface area contributed by atoms with Crippen molar-refractivity contribution in [3.8, 4) is 0 Å². The Bertz CT molecular complexity index is 1070. The van der Waals surface area contributed by atoms with E-state index < -0.39 is 10.1 Å². The van der Waals surface area contributed by atoms with Gasteiger partial charge in [0.1, 0.15) is 10.7 Å². The van der Waals surface area contributed by atoms with Crippen molar-refractivity contribution < 1.29 is 22.5 Å². The molecule has 0 radical (unpaired) electrons. The molecule has 1 aliphatic carbocycles. The van der Waals surface area contributed by atoms with Gasteiger partial charge in [-0.3, -0.25) is 9.79 Å². The quantitative estimate of drug-likeness (QED) is 0.153. The second-order valence-corrected chi connectivity index (χ2v) is 11.5. The lowest BCUT2D eigenvalue weighted by Gasteiger charge is -2.17. The van der Waals surface area contributed by atoms with E-state index in [1.165, 1.54) is 23.9 Å². The normalized spacial score (nSPS) is 18.6. The van der Waals surface area contributed by atoms with Gasteiger partial charge in [0, 0.05) is 31.7 Å². The number of allylic oxidation sites excluding steroid dienone is 1. The second kappa shape index (κ2) is 15.1. The summed E-state index contributed by atoms with van der Waals surface area (Å²) in [5.74, 6) is 0.168. The number of aliphatic imine (C=N–C) groups is 1. The number of carbonyl (C=O) groups excluding carboxylic acids is 1. The Hall–Kier alpha value is -2.38. The van der Waals surface area contributed by atoms with Gasteiger partial charge in [-0.2, -0.15) is 8.42 Å². The SMILES string of the molecule is NCCCCCCCC(=O)NC1=NC2C=CC(OS(=O)(=O)c3ccc(NCCNCCO)cc3)=CC2S1. The molecule has 0 bridgehead atoms. The number of thioether (sulfide) groups is 1. The molecule has 0 saturated heterocycles. The summed E-state index contributed by atoms with van der Waals surface area (Å²) < 4.78 is 30.9. The number of amidine groups is 1. The van der Waals surface area contributed by atoms with Gasteiger partial charge in [-0.1, -0.05) is 37.1 Å². The van der Waals surface area contributed by atoms with Crippen LogP contribution in [0.1, 0.15) is 38.5 Å². The first-order valence-corrected chi connectivity index (χ1v) is 14.9. The average Bonchev–Trinajstić information content (AvgIpc) is 3.27. The molecule has 1 aromatic rings. The highest BCUT2D eigenvalue weighted by Gasteiger charge is 2.31. The molecule has 2 aliphatic rings. The summed E-state index contributed by atoms with van der Waals surface area (Å²) in [6.45, 7) is 2.63. The molecule has 10 nitrogen and oxygen atoms in total. The fourth-order valence-electron chi connectivity index (χ4n) is 3.81. The Kier molecular flexibility index (Phi) is 11.9. The zero-order valence-electron chi connectivity index (χ0n) is 20.9. The van der Waals surface area contributed by atoms with E-state index in [1.54, 1.807) is 30.4 Å². The average molecular weight is 552 g/mol. The van der Waals surface area contributed by atoms with E-state index in [-0.39, 0.29) is 34.5 Å². The zero-order valence-corrected chi connectivity index (χ0v) is 22.5. The Labute approximate surface area is 223 Å². The van der Waals surface area contributed by atoms with E-state index in [1.807, 2.05) is 0 Å². The summed E-state index contributed by atoms with van der Waals surface area (Å²) in [6, 6.07) is 6.17. The van der Waals surface area contributed by atoms with Gasteiger partial charge in [-0.15, -0.1) is 0 Å². The highest BCUT2D eigenvalue weighted by molar-refractivity contribution is 8.14. The summed E-state index contributed by atoms with van der Waals surface area (Å²) >= 11 is 1.39.